The number of thiazole rings is 1. The van der Waals surface area contributed by atoms with Gasteiger partial charge in [-0.1, -0.05) is 30.3 Å². The molecular formula is C30H33FN4O4S2. The number of rotatable bonds is 15. The van der Waals surface area contributed by atoms with E-state index >= 15 is 0 Å². The minimum atomic E-state index is -1.13. The molecule has 8 nitrogen and oxygen atoms in total. The molecule has 0 aliphatic heterocycles. The minimum absolute atomic E-state index is 0.231. The van der Waals surface area contributed by atoms with Crippen LogP contribution in [0, 0.1) is 5.82 Å². The Labute approximate surface area is 247 Å². The Balaban J connectivity index is 1.68. The standard InChI is InChI=1S/C30H33FN4O4S2/c1-34-20-32-19-24(34)13-16-39-29(27-33-15-18-41-27)35(26(30(37)38)14-17-40-2)28(36)25-6-4-3-5-22(25)10-7-21-8-11-23(31)12-9-21/h3-6,8-9,11-12,15,18-20,26,29H,7,10,13-14,16-17H2,1-2H3,(H,37,38)/t26-,29?/m0/s1. The molecule has 4 aromatic rings. The van der Waals surface area contributed by atoms with E-state index in [0.717, 1.165) is 16.8 Å². The Morgan fingerprint density at radius 3 is 2.59 bits per heavy atom. The number of carbonyl (C=O) groups is 2. The van der Waals surface area contributed by atoms with Crippen LogP contribution in [0.1, 0.15) is 44.8 Å². The number of carboxylic acids is 1. The van der Waals surface area contributed by atoms with Gasteiger partial charge in [0.2, 0.25) is 0 Å². The summed E-state index contributed by atoms with van der Waals surface area (Å²) in [6.45, 7) is 0.231. The second-order valence-electron chi connectivity index (χ2n) is 9.47. The molecule has 11 heteroatoms. The van der Waals surface area contributed by atoms with E-state index in [0.29, 0.717) is 35.6 Å². The maximum absolute atomic E-state index is 14.4. The van der Waals surface area contributed by atoms with E-state index in [1.165, 1.54) is 40.1 Å². The van der Waals surface area contributed by atoms with Crippen LogP contribution >= 0.6 is 23.1 Å². The summed E-state index contributed by atoms with van der Waals surface area (Å²) in [4.78, 5) is 37.0. The highest BCUT2D eigenvalue weighted by atomic mass is 32.2. The van der Waals surface area contributed by atoms with Crippen molar-refractivity contribution >= 4 is 35.0 Å². The van der Waals surface area contributed by atoms with Gasteiger partial charge in [0, 0.05) is 42.5 Å². The predicted octanol–water partition coefficient (Wildman–Crippen LogP) is 5.41. The average Bonchev–Trinajstić information content (AvgIpc) is 3.65. The third-order valence-electron chi connectivity index (χ3n) is 6.76. The van der Waals surface area contributed by atoms with Crippen molar-refractivity contribution in [2.45, 2.75) is 38.0 Å². The number of halogens is 1. The first-order valence-electron chi connectivity index (χ1n) is 13.2. The normalized spacial score (nSPS) is 12.7. The van der Waals surface area contributed by atoms with Crippen molar-refractivity contribution in [3.05, 3.63) is 106 Å². The molecule has 0 bridgehead atoms. The number of aromatic nitrogens is 3. The van der Waals surface area contributed by atoms with Crippen LogP contribution in [0.4, 0.5) is 4.39 Å². The minimum Gasteiger partial charge on any atom is -0.480 e. The number of aliphatic carboxylic acids is 1. The number of imidazole rings is 1. The maximum Gasteiger partial charge on any atom is 0.326 e. The van der Waals surface area contributed by atoms with Crippen molar-refractivity contribution in [2.24, 2.45) is 7.05 Å². The Hall–Kier alpha value is -3.54. The number of ether oxygens (including phenoxy) is 1. The topological polar surface area (TPSA) is 97.5 Å². The fraction of sp³-hybridized carbons (Fsp3) is 0.333. The van der Waals surface area contributed by atoms with E-state index in [9.17, 15) is 19.1 Å². The second kappa shape index (κ2) is 14.9. The lowest BCUT2D eigenvalue weighted by molar-refractivity contribution is -0.148. The average molecular weight is 597 g/mol. The Morgan fingerprint density at radius 1 is 1.15 bits per heavy atom. The van der Waals surface area contributed by atoms with E-state index in [4.69, 9.17) is 4.74 Å². The molecular weight excluding hydrogens is 563 g/mol. The van der Waals surface area contributed by atoms with Crippen LogP contribution in [0.2, 0.25) is 0 Å². The third kappa shape index (κ3) is 8.02. The van der Waals surface area contributed by atoms with E-state index in [2.05, 4.69) is 9.97 Å². The summed E-state index contributed by atoms with van der Waals surface area (Å²) >= 11 is 2.83. The predicted molar refractivity (Wildman–Crippen MR) is 159 cm³/mol. The van der Waals surface area contributed by atoms with Gasteiger partial charge in [0.25, 0.3) is 5.91 Å². The van der Waals surface area contributed by atoms with Crippen LogP contribution in [0.15, 0.2) is 72.6 Å². The Bertz CT molecular complexity index is 1410. The molecule has 4 rings (SSSR count). The van der Waals surface area contributed by atoms with Gasteiger partial charge >= 0.3 is 5.97 Å². The molecule has 0 radical (unpaired) electrons. The number of carbonyl (C=O) groups excluding carboxylic acids is 1. The van der Waals surface area contributed by atoms with Gasteiger partial charge in [0.05, 0.1) is 12.9 Å². The second-order valence-corrected chi connectivity index (χ2v) is 11.4. The van der Waals surface area contributed by atoms with Gasteiger partial charge < -0.3 is 14.4 Å². The molecule has 1 unspecified atom stereocenters. The zero-order valence-electron chi connectivity index (χ0n) is 23.0. The molecule has 2 atom stereocenters. The van der Waals surface area contributed by atoms with E-state index in [-0.39, 0.29) is 18.8 Å². The highest BCUT2D eigenvalue weighted by Crippen LogP contribution is 2.31. The smallest absolute Gasteiger partial charge is 0.326 e. The number of aryl methyl sites for hydroxylation is 3. The quantitative estimate of drug-likeness (QED) is 0.183. The zero-order chi connectivity index (χ0) is 29.2. The van der Waals surface area contributed by atoms with Gasteiger partial charge in [-0.15, -0.1) is 11.3 Å². The summed E-state index contributed by atoms with van der Waals surface area (Å²) in [7, 11) is 1.89. The van der Waals surface area contributed by atoms with Crippen LogP contribution in [-0.4, -0.2) is 61.1 Å². The first kappa shape index (κ1) is 30.4. The summed E-state index contributed by atoms with van der Waals surface area (Å²) in [6.07, 6.45) is 7.86. The largest absolute Gasteiger partial charge is 0.480 e. The molecule has 2 aromatic heterocycles. The lowest BCUT2D eigenvalue weighted by atomic mass is 9.98. The lowest BCUT2D eigenvalue weighted by Crippen LogP contribution is -2.48. The molecule has 1 N–H and O–H groups in total. The highest BCUT2D eigenvalue weighted by molar-refractivity contribution is 7.98. The molecule has 41 heavy (non-hydrogen) atoms. The number of carboxylic acid groups (broad SMARTS) is 1. The number of hydrogen-bond donors (Lipinski definition) is 1. The first-order chi connectivity index (χ1) is 19.9. The number of hydrogen-bond acceptors (Lipinski definition) is 7. The monoisotopic (exact) mass is 596 g/mol. The van der Waals surface area contributed by atoms with Gasteiger partial charge in [-0.2, -0.15) is 11.8 Å². The van der Waals surface area contributed by atoms with Gasteiger partial charge in [-0.05, 0) is 60.6 Å². The van der Waals surface area contributed by atoms with Crippen molar-refractivity contribution in [3.63, 3.8) is 0 Å². The third-order valence-corrected chi connectivity index (χ3v) is 8.21. The van der Waals surface area contributed by atoms with E-state index < -0.39 is 24.1 Å². The molecule has 2 aromatic carbocycles. The Morgan fingerprint density at radius 2 is 1.93 bits per heavy atom. The molecule has 0 spiro atoms. The SMILES string of the molecule is CSCC[C@@H](C(=O)O)N(C(=O)c1ccccc1CCc1ccc(F)cc1)C(OCCc1cncn1C)c1nccs1. The maximum atomic E-state index is 14.4. The van der Waals surface area contributed by atoms with Gasteiger partial charge in [-0.25, -0.2) is 19.2 Å². The number of thioether (sulfide) groups is 1. The molecule has 0 aliphatic carbocycles. The van der Waals surface area contributed by atoms with Crippen LogP contribution in [-0.2, 0) is 35.8 Å². The van der Waals surface area contributed by atoms with E-state index in [1.807, 2.05) is 30.0 Å². The Kier molecular flexibility index (Phi) is 11.1. The van der Waals surface area contributed by atoms with E-state index in [1.54, 1.807) is 48.4 Å². The lowest BCUT2D eigenvalue weighted by Gasteiger charge is -2.35. The molecule has 0 saturated heterocycles. The van der Waals surface area contributed by atoms with Crippen molar-refractivity contribution in [3.8, 4) is 0 Å². The number of nitrogens with zero attached hydrogens (tertiary/aromatic N) is 4. The molecule has 216 valence electrons. The van der Waals surface area contributed by atoms with Crippen molar-refractivity contribution in [2.75, 3.05) is 18.6 Å². The van der Waals surface area contributed by atoms with Crippen LogP contribution in [0.25, 0.3) is 0 Å². The molecule has 0 fully saturated rings. The molecule has 1 amide bonds. The van der Waals surface area contributed by atoms with Crippen LogP contribution < -0.4 is 0 Å². The highest BCUT2D eigenvalue weighted by Gasteiger charge is 2.38. The van der Waals surface area contributed by atoms with Gasteiger partial charge in [-0.3, -0.25) is 9.69 Å². The van der Waals surface area contributed by atoms with Crippen LogP contribution in [0.5, 0.6) is 0 Å². The summed E-state index contributed by atoms with van der Waals surface area (Å²) in [5.41, 5.74) is 3.06. The molecule has 0 saturated carbocycles. The first-order valence-corrected chi connectivity index (χ1v) is 15.5. The van der Waals surface area contributed by atoms with Crippen molar-refractivity contribution < 1.29 is 23.8 Å². The van der Waals surface area contributed by atoms with Crippen molar-refractivity contribution in [1.29, 1.82) is 0 Å². The molecule has 2 heterocycles. The fourth-order valence-electron chi connectivity index (χ4n) is 4.57. The fourth-order valence-corrected chi connectivity index (χ4v) is 5.71. The van der Waals surface area contributed by atoms with Crippen LogP contribution in [0.3, 0.4) is 0 Å². The van der Waals surface area contributed by atoms with Gasteiger partial charge in [0.1, 0.15) is 16.9 Å². The summed E-state index contributed by atoms with van der Waals surface area (Å²) in [5.74, 6) is -1.30. The summed E-state index contributed by atoms with van der Waals surface area (Å²) in [6, 6.07) is 12.4. The van der Waals surface area contributed by atoms with Crippen molar-refractivity contribution in [1.82, 2.24) is 19.4 Å². The number of benzene rings is 2. The summed E-state index contributed by atoms with van der Waals surface area (Å²) < 4.78 is 21.6. The summed E-state index contributed by atoms with van der Waals surface area (Å²) in [5, 5.41) is 12.6. The number of amides is 1. The molecule has 0 aliphatic rings. The zero-order valence-corrected chi connectivity index (χ0v) is 24.6. The van der Waals surface area contributed by atoms with Gasteiger partial charge in [0.15, 0.2) is 6.23 Å².